The summed E-state index contributed by atoms with van der Waals surface area (Å²) in [5, 5.41) is 12.8. The molecule has 0 amide bonds. The van der Waals surface area contributed by atoms with Crippen molar-refractivity contribution in [2.24, 2.45) is 0 Å². The molecular formula is C20H17FNO5S-. The highest BCUT2D eigenvalue weighted by Crippen LogP contribution is 2.28. The van der Waals surface area contributed by atoms with Gasteiger partial charge in [0.15, 0.2) is 0 Å². The summed E-state index contributed by atoms with van der Waals surface area (Å²) < 4.78 is 46.5. The van der Waals surface area contributed by atoms with E-state index >= 15 is 0 Å². The minimum absolute atomic E-state index is 0.0261. The number of carbonyl (C=O) groups is 1. The normalized spacial score (nSPS) is 11.5. The Morgan fingerprint density at radius 3 is 2.61 bits per heavy atom. The van der Waals surface area contributed by atoms with Crippen LogP contribution >= 0.6 is 0 Å². The molecule has 0 aliphatic heterocycles. The average molecular weight is 402 g/mol. The summed E-state index contributed by atoms with van der Waals surface area (Å²) in [6.07, 6.45) is 0.297. The van der Waals surface area contributed by atoms with Crippen LogP contribution in [-0.4, -0.2) is 28.0 Å². The predicted molar refractivity (Wildman–Crippen MR) is 100 cm³/mol. The van der Waals surface area contributed by atoms with Crippen molar-refractivity contribution in [3.05, 3.63) is 71.5 Å². The van der Waals surface area contributed by atoms with Crippen molar-refractivity contribution in [2.45, 2.75) is 11.3 Å². The molecule has 8 heteroatoms. The molecule has 0 aromatic heterocycles. The van der Waals surface area contributed by atoms with E-state index in [2.05, 4.69) is 4.72 Å². The molecule has 3 aromatic rings. The Labute approximate surface area is 161 Å². The monoisotopic (exact) mass is 402 g/mol. The van der Waals surface area contributed by atoms with Gasteiger partial charge in [-0.3, -0.25) is 0 Å². The Hall–Kier alpha value is -2.97. The van der Waals surface area contributed by atoms with Gasteiger partial charge in [-0.15, -0.1) is 0 Å². The number of sulfonamides is 1. The number of carbonyl (C=O) groups excluding carboxylic acids is 1. The zero-order valence-corrected chi connectivity index (χ0v) is 15.8. The molecule has 28 heavy (non-hydrogen) atoms. The Kier molecular flexibility index (Phi) is 5.62. The van der Waals surface area contributed by atoms with Crippen LogP contribution in [0.25, 0.3) is 10.8 Å². The van der Waals surface area contributed by atoms with Gasteiger partial charge in [0.1, 0.15) is 16.5 Å². The third-order valence-electron chi connectivity index (χ3n) is 4.34. The molecule has 0 fully saturated rings. The van der Waals surface area contributed by atoms with Crippen LogP contribution in [0.1, 0.15) is 15.9 Å². The number of hydrogen-bond donors (Lipinski definition) is 1. The lowest BCUT2D eigenvalue weighted by Crippen LogP contribution is -2.28. The maximum atomic E-state index is 14.0. The van der Waals surface area contributed by atoms with Crippen molar-refractivity contribution in [2.75, 3.05) is 13.7 Å². The summed E-state index contributed by atoms with van der Waals surface area (Å²) in [6, 6.07) is 13.8. The summed E-state index contributed by atoms with van der Waals surface area (Å²) >= 11 is 0. The van der Waals surface area contributed by atoms with E-state index in [1.165, 1.54) is 7.11 Å². The van der Waals surface area contributed by atoms with Crippen molar-refractivity contribution in [3.8, 4) is 5.75 Å². The number of hydrogen-bond acceptors (Lipinski definition) is 5. The lowest BCUT2D eigenvalue weighted by molar-refractivity contribution is -0.255. The number of ether oxygens (including phenoxy) is 1. The summed E-state index contributed by atoms with van der Waals surface area (Å²) in [7, 11) is -2.72. The molecule has 0 unspecified atom stereocenters. The zero-order chi connectivity index (χ0) is 20.3. The third-order valence-corrected chi connectivity index (χ3v) is 5.82. The fourth-order valence-corrected chi connectivity index (χ4v) is 4.12. The van der Waals surface area contributed by atoms with Crippen molar-refractivity contribution < 1.29 is 27.4 Å². The maximum absolute atomic E-state index is 14.0. The highest BCUT2D eigenvalue weighted by molar-refractivity contribution is 7.89. The minimum atomic E-state index is -4.25. The quantitative estimate of drug-likeness (QED) is 0.651. The van der Waals surface area contributed by atoms with E-state index in [4.69, 9.17) is 4.74 Å². The van der Waals surface area contributed by atoms with Gasteiger partial charge in [0.05, 0.1) is 13.1 Å². The topological polar surface area (TPSA) is 95.5 Å². The van der Waals surface area contributed by atoms with Gasteiger partial charge < -0.3 is 14.6 Å². The number of nitrogens with one attached hydrogen (secondary N) is 1. The van der Waals surface area contributed by atoms with Gasteiger partial charge in [-0.1, -0.05) is 36.4 Å². The molecule has 0 saturated carbocycles. The molecule has 6 nitrogen and oxygen atoms in total. The summed E-state index contributed by atoms with van der Waals surface area (Å²) in [6.45, 7) is -0.0261. The Bertz CT molecular complexity index is 1140. The average Bonchev–Trinajstić information content (AvgIpc) is 2.68. The van der Waals surface area contributed by atoms with E-state index in [-0.39, 0.29) is 6.54 Å². The standard InChI is InChI=1S/C20H18FNO5S/c1-27-18-9-7-13-4-2-3-5-15(13)16(18)10-11-22-28(25,26)19-12-14(20(23)24)6-8-17(19)21/h2-9,12,22H,10-11H2,1H3,(H,23,24)/p-1. The number of halogens is 1. The largest absolute Gasteiger partial charge is 0.545 e. The van der Waals surface area contributed by atoms with Crippen LogP contribution in [0.2, 0.25) is 0 Å². The number of benzene rings is 3. The smallest absolute Gasteiger partial charge is 0.243 e. The van der Waals surface area contributed by atoms with Gasteiger partial charge in [-0.05, 0) is 41.0 Å². The number of fused-ring (bicyclic) bond motifs is 1. The molecule has 1 N–H and O–H groups in total. The van der Waals surface area contributed by atoms with Gasteiger partial charge in [-0.25, -0.2) is 17.5 Å². The molecule has 3 aromatic carbocycles. The van der Waals surface area contributed by atoms with E-state index in [0.717, 1.165) is 34.5 Å². The lowest BCUT2D eigenvalue weighted by atomic mass is 10.0. The van der Waals surface area contributed by atoms with Gasteiger partial charge in [-0.2, -0.15) is 0 Å². The Morgan fingerprint density at radius 1 is 1.14 bits per heavy atom. The first-order valence-electron chi connectivity index (χ1n) is 8.38. The van der Waals surface area contributed by atoms with E-state index < -0.39 is 32.3 Å². The van der Waals surface area contributed by atoms with Crippen LogP contribution in [-0.2, 0) is 16.4 Å². The van der Waals surface area contributed by atoms with Crippen LogP contribution in [0.3, 0.4) is 0 Å². The highest BCUT2D eigenvalue weighted by Gasteiger charge is 2.20. The van der Waals surface area contributed by atoms with Gasteiger partial charge >= 0.3 is 0 Å². The fraction of sp³-hybridized carbons (Fsp3) is 0.150. The molecule has 0 radical (unpaired) electrons. The lowest BCUT2D eigenvalue weighted by Gasteiger charge is -2.13. The number of rotatable bonds is 7. The molecule has 0 saturated heterocycles. The predicted octanol–water partition coefficient (Wildman–Crippen LogP) is 1.87. The zero-order valence-electron chi connectivity index (χ0n) is 14.9. The summed E-state index contributed by atoms with van der Waals surface area (Å²) in [5.74, 6) is -2.01. The molecule has 146 valence electrons. The molecular weight excluding hydrogens is 385 g/mol. The molecule has 0 spiro atoms. The van der Waals surface area contributed by atoms with Gasteiger partial charge in [0, 0.05) is 12.1 Å². The van der Waals surface area contributed by atoms with Crippen molar-refractivity contribution in [3.63, 3.8) is 0 Å². The molecule has 0 bridgehead atoms. The van der Waals surface area contributed by atoms with Crippen molar-refractivity contribution >= 4 is 26.8 Å². The molecule has 3 rings (SSSR count). The second-order valence-corrected chi connectivity index (χ2v) is 7.78. The van der Waals surface area contributed by atoms with E-state index in [0.29, 0.717) is 12.2 Å². The molecule has 0 aliphatic carbocycles. The number of aromatic carboxylic acids is 1. The van der Waals surface area contributed by atoms with E-state index in [1.807, 2.05) is 30.3 Å². The van der Waals surface area contributed by atoms with Crippen molar-refractivity contribution in [1.82, 2.24) is 4.72 Å². The fourth-order valence-electron chi connectivity index (χ4n) is 2.99. The second kappa shape index (κ2) is 7.95. The van der Waals surface area contributed by atoms with Crippen LogP contribution in [0.5, 0.6) is 5.75 Å². The van der Waals surface area contributed by atoms with Gasteiger partial charge in [0.25, 0.3) is 0 Å². The third kappa shape index (κ3) is 3.97. The number of methoxy groups -OCH3 is 1. The first-order valence-corrected chi connectivity index (χ1v) is 9.87. The number of carboxylic acid groups (broad SMARTS) is 1. The first kappa shape index (κ1) is 19.8. The van der Waals surface area contributed by atoms with Crippen LogP contribution in [0.4, 0.5) is 4.39 Å². The molecule has 0 aliphatic rings. The van der Waals surface area contributed by atoms with Crippen LogP contribution in [0.15, 0.2) is 59.5 Å². The van der Waals surface area contributed by atoms with Crippen LogP contribution < -0.4 is 14.6 Å². The first-order chi connectivity index (χ1) is 13.3. The maximum Gasteiger partial charge on any atom is 0.243 e. The second-order valence-electron chi connectivity index (χ2n) is 6.05. The Morgan fingerprint density at radius 2 is 1.89 bits per heavy atom. The number of carboxylic acids is 1. The van der Waals surface area contributed by atoms with Gasteiger partial charge in [0.2, 0.25) is 10.0 Å². The summed E-state index contributed by atoms with van der Waals surface area (Å²) in [4.78, 5) is 10.2. The summed E-state index contributed by atoms with van der Waals surface area (Å²) in [5.41, 5.74) is 0.393. The molecule has 0 atom stereocenters. The van der Waals surface area contributed by atoms with Crippen molar-refractivity contribution in [1.29, 1.82) is 0 Å². The highest BCUT2D eigenvalue weighted by atomic mass is 32.2. The SMILES string of the molecule is COc1ccc2ccccc2c1CCNS(=O)(=O)c1cc(C(=O)[O-])ccc1F. The van der Waals surface area contributed by atoms with E-state index in [1.54, 1.807) is 6.07 Å². The minimum Gasteiger partial charge on any atom is -0.545 e. The molecule has 0 heterocycles. The van der Waals surface area contributed by atoms with E-state index in [9.17, 15) is 22.7 Å². The van der Waals surface area contributed by atoms with Crippen LogP contribution in [0, 0.1) is 5.82 Å². The Balaban J connectivity index is 1.85.